The van der Waals surface area contributed by atoms with E-state index in [0.29, 0.717) is 11.0 Å². The zero-order valence-electron chi connectivity index (χ0n) is 10.9. The average molecular weight is 268 g/mol. The molecule has 1 heterocycles. The largest absolute Gasteiger partial charge is 0.317 e. The minimum absolute atomic E-state index is 0.117. The molecule has 0 spiro atoms. The predicted molar refractivity (Wildman–Crippen MR) is 72.6 cm³/mol. The molecule has 1 aliphatic rings. The maximum atomic E-state index is 12.2. The Kier molecular flexibility index (Phi) is 3.97. The second-order valence-corrected chi connectivity index (χ2v) is 6.28. The van der Waals surface area contributed by atoms with E-state index < -0.39 is 5.54 Å². The number of nitrogens with one attached hydrogen (secondary N) is 1. The van der Waals surface area contributed by atoms with E-state index in [4.69, 9.17) is 5.73 Å². The van der Waals surface area contributed by atoms with Crippen molar-refractivity contribution in [1.82, 2.24) is 10.2 Å². The molecule has 18 heavy (non-hydrogen) atoms. The molecule has 6 heteroatoms. The smallest absolute Gasteiger partial charge is 0.246 e. The Morgan fingerprint density at radius 2 is 2.00 bits per heavy atom. The van der Waals surface area contributed by atoms with Crippen LogP contribution in [0.15, 0.2) is 0 Å². The Bertz CT molecular complexity index is 423. The van der Waals surface area contributed by atoms with Gasteiger partial charge in [-0.3, -0.25) is 10.1 Å². The second-order valence-electron chi connectivity index (χ2n) is 5.27. The standard InChI is InChI=1S/C12H20N4OS/c1-8(2)9-15-16-11(18-9)14-10(17)12(13)6-4-3-5-7-12/h8H,3-7,13H2,1-2H3,(H,14,16,17). The highest BCUT2D eigenvalue weighted by atomic mass is 32.1. The van der Waals surface area contributed by atoms with Crippen molar-refractivity contribution in [1.29, 1.82) is 0 Å². The predicted octanol–water partition coefficient (Wildman–Crippen LogP) is 2.26. The lowest BCUT2D eigenvalue weighted by molar-refractivity contribution is -0.122. The summed E-state index contributed by atoms with van der Waals surface area (Å²) in [5, 5.41) is 12.3. The molecule has 1 saturated carbocycles. The zero-order chi connectivity index (χ0) is 13.2. The molecule has 0 unspecified atom stereocenters. The Balaban J connectivity index is 2.01. The number of carbonyl (C=O) groups excluding carboxylic acids is 1. The molecule has 1 amide bonds. The van der Waals surface area contributed by atoms with E-state index in [2.05, 4.69) is 29.4 Å². The van der Waals surface area contributed by atoms with Gasteiger partial charge in [-0.25, -0.2) is 0 Å². The van der Waals surface area contributed by atoms with E-state index in [1.165, 1.54) is 17.8 Å². The Hall–Kier alpha value is -1.01. The fourth-order valence-corrected chi connectivity index (χ4v) is 2.89. The average Bonchev–Trinajstić information content (AvgIpc) is 2.78. The Labute approximate surface area is 111 Å². The number of anilines is 1. The summed E-state index contributed by atoms with van der Waals surface area (Å²) in [4.78, 5) is 12.2. The normalized spacial score (nSPS) is 18.9. The van der Waals surface area contributed by atoms with E-state index in [0.717, 1.165) is 30.7 Å². The van der Waals surface area contributed by atoms with Gasteiger partial charge in [0.05, 0.1) is 5.54 Å². The van der Waals surface area contributed by atoms with Crippen LogP contribution in [0.2, 0.25) is 0 Å². The van der Waals surface area contributed by atoms with Gasteiger partial charge in [-0.2, -0.15) is 0 Å². The molecule has 1 fully saturated rings. The summed E-state index contributed by atoms with van der Waals surface area (Å²) in [6.07, 6.45) is 4.74. The number of hydrogen-bond acceptors (Lipinski definition) is 5. The summed E-state index contributed by atoms with van der Waals surface area (Å²) in [5.74, 6) is 0.211. The van der Waals surface area contributed by atoms with Gasteiger partial charge in [0.25, 0.3) is 0 Å². The van der Waals surface area contributed by atoms with Crippen molar-refractivity contribution in [3.63, 3.8) is 0 Å². The number of rotatable bonds is 3. The molecule has 0 aliphatic heterocycles. The van der Waals surface area contributed by atoms with Crippen LogP contribution in [0, 0.1) is 0 Å². The number of hydrogen-bond donors (Lipinski definition) is 2. The van der Waals surface area contributed by atoms with Gasteiger partial charge in [-0.15, -0.1) is 10.2 Å². The number of amides is 1. The molecule has 100 valence electrons. The van der Waals surface area contributed by atoms with Crippen molar-refractivity contribution in [3.05, 3.63) is 5.01 Å². The maximum Gasteiger partial charge on any atom is 0.246 e. The number of nitrogens with zero attached hydrogens (tertiary/aromatic N) is 2. The van der Waals surface area contributed by atoms with Crippen LogP contribution in [-0.2, 0) is 4.79 Å². The van der Waals surface area contributed by atoms with Gasteiger partial charge in [0.15, 0.2) is 0 Å². The van der Waals surface area contributed by atoms with E-state index in [1.54, 1.807) is 0 Å². The van der Waals surface area contributed by atoms with Gasteiger partial charge in [-0.05, 0) is 12.8 Å². The highest BCUT2D eigenvalue weighted by Crippen LogP contribution is 2.28. The zero-order valence-corrected chi connectivity index (χ0v) is 11.7. The van der Waals surface area contributed by atoms with Crippen LogP contribution in [0.1, 0.15) is 56.9 Å². The monoisotopic (exact) mass is 268 g/mol. The SMILES string of the molecule is CC(C)c1nnc(NC(=O)C2(N)CCCCC2)s1. The quantitative estimate of drug-likeness (QED) is 0.881. The molecule has 0 saturated heterocycles. The lowest BCUT2D eigenvalue weighted by Gasteiger charge is -2.31. The van der Waals surface area contributed by atoms with Crippen molar-refractivity contribution < 1.29 is 4.79 Å². The summed E-state index contributed by atoms with van der Waals surface area (Å²) in [7, 11) is 0. The van der Waals surface area contributed by atoms with Crippen LogP contribution in [0.4, 0.5) is 5.13 Å². The lowest BCUT2D eigenvalue weighted by atomic mass is 9.82. The van der Waals surface area contributed by atoms with Crippen LogP contribution in [0.5, 0.6) is 0 Å². The molecule has 0 atom stereocenters. The molecule has 1 aliphatic carbocycles. The molecular formula is C12H20N4OS. The molecule has 2 rings (SSSR count). The third kappa shape index (κ3) is 2.87. The van der Waals surface area contributed by atoms with Gasteiger partial charge in [0.2, 0.25) is 11.0 Å². The first-order valence-corrected chi connectivity index (χ1v) is 7.27. The molecule has 0 bridgehead atoms. The van der Waals surface area contributed by atoms with Crippen LogP contribution in [0.3, 0.4) is 0 Å². The number of nitrogens with two attached hydrogens (primary N) is 1. The first-order valence-electron chi connectivity index (χ1n) is 6.45. The van der Waals surface area contributed by atoms with Gasteiger partial charge in [-0.1, -0.05) is 44.4 Å². The summed E-state index contributed by atoms with van der Waals surface area (Å²) in [6, 6.07) is 0. The molecule has 3 N–H and O–H groups in total. The first kappa shape index (κ1) is 13.4. The van der Waals surface area contributed by atoms with E-state index in [9.17, 15) is 4.79 Å². The fraction of sp³-hybridized carbons (Fsp3) is 0.750. The minimum Gasteiger partial charge on any atom is -0.317 e. The summed E-state index contributed by atoms with van der Waals surface area (Å²) in [5.41, 5.74) is 5.44. The van der Waals surface area contributed by atoms with E-state index in [1.807, 2.05) is 0 Å². The van der Waals surface area contributed by atoms with Gasteiger partial charge >= 0.3 is 0 Å². The first-order chi connectivity index (χ1) is 8.51. The minimum atomic E-state index is -0.720. The molecule has 5 nitrogen and oxygen atoms in total. The highest BCUT2D eigenvalue weighted by Gasteiger charge is 2.35. The lowest BCUT2D eigenvalue weighted by Crippen LogP contribution is -2.52. The van der Waals surface area contributed by atoms with Gasteiger partial charge < -0.3 is 5.73 Å². The topological polar surface area (TPSA) is 80.9 Å². The van der Waals surface area contributed by atoms with Gasteiger partial charge in [0.1, 0.15) is 5.01 Å². The van der Waals surface area contributed by atoms with Crippen molar-refractivity contribution in [2.24, 2.45) is 5.73 Å². The van der Waals surface area contributed by atoms with E-state index >= 15 is 0 Å². The third-order valence-electron chi connectivity index (χ3n) is 3.35. The van der Waals surface area contributed by atoms with Crippen molar-refractivity contribution in [2.75, 3.05) is 5.32 Å². The van der Waals surface area contributed by atoms with Crippen LogP contribution in [-0.4, -0.2) is 21.6 Å². The molecular weight excluding hydrogens is 248 g/mol. The van der Waals surface area contributed by atoms with Crippen molar-refractivity contribution in [3.8, 4) is 0 Å². The molecule has 1 aromatic rings. The molecule has 1 aromatic heterocycles. The second kappa shape index (κ2) is 5.32. The number of carbonyl (C=O) groups is 1. The van der Waals surface area contributed by atoms with E-state index in [-0.39, 0.29) is 5.91 Å². The van der Waals surface area contributed by atoms with Crippen LogP contribution < -0.4 is 11.1 Å². The van der Waals surface area contributed by atoms with Crippen LogP contribution >= 0.6 is 11.3 Å². The van der Waals surface area contributed by atoms with Crippen molar-refractivity contribution in [2.45, 2.75) is 57.4 Å². The summed E-state index contributed by atoms with van der Waals surface area (Å²) < 4.78 is 0. The Morgan fingerprint density at radius 3 is 2.56 bits per heavy atom. The fourth-order valence-electron chi connectivity index (χ4n) is 2.15. The van der Waals surface area contributed by atoms with Crippen LogP contribution in [0.25, 0.3) is 0 Å². The molecule has 0 aromatic carbocycles. The maximum absolute atomic E-state index is 12.2. The summed E-state index contributed by atoms with van der Waals surface area (Å²) >= 11 is 1.42. The third-order valence-corrected chi connectivity index (χ3v) is 4.49. The summed E-state index contributed by atoms with van der Waals surface area (Å²) in [6.45, 7) is 4.11. The van der Waals surface area contributed by atoms with Gasteiger partial charge in [0, 0.05) is 5.92 Å². The highest BCUT2D eigenvalue weighted by molar-refractivity contribution is 7.15. The Morgan fingerprint density at radius 1 is 1.33 bits per heavy atom. The van der Waals surface area contributed by atoms with Crippen molar-refractivity contribution >= 4 is 22.4 Å². The molecule has 0 radical (unpaired) electrons. The number of aromatic nitrogens is 2.